The molecule has 1 aliphatic heterocycles. The number of ether oxygens (including phenoxy) is 2. The number of hydrogen-bond donors (Lipinski definition) is 0. The van der Waals surface area contributed by atoms with Crippen molar-refractivity contribution in [3.8, 4) is 0 Å². The molecule has 2 aliphatic rings. The van der Waals surface area contributed by atoms with Crippen molar-refractivity contribution < 1.29 is 9.47 Å². The molecule has 0 N–H and O–H groups in total. The van der Waals surface area contributed by atoms with Crippen molar-refractivity contribution in [1.82, 2.24) is 0 Å². The van der Waals surface area contributed by atoms with Gasteiger partial charge in [-0.05, 0) is 30.1 Å². The Kier molecular flexibility index (Phi) is 3.23. The van der Waals surface area contributed by atoms with Crippen LogP contribution in [-0.2, 0) is 9.47 Å². The number of methoxy groups -OCH3 is 1. The van der Waals surface area contributed by atoms with E-state index in [2.05, 4.69) is 36.4 Å². The van der Waals surface area contributed by atoms with Gasteiger partial charge in [0.1, 0.15) is 0 Å². The molecular formula is C16H20O2. The molecule has 1 unspecified atom stereocenters. The minimum atomic E-state index is -0.182. The maximum Gasteiger partial charge on any atom is 0.178 e. The predicted octanol–water partition coefficient (Wildman–Crippen LogP) is 3.78. The van der Waals surface area contributed by atoms with E-state index in [1.165, 1.54) is 30.4 Å². The lowest BCUT2D eigenvalue weighted by molar-refractivity contribution is -0.147. The van der Waals surface area contributed by atoms with Crippen LogP contribution >= 0.6 is 0 Å². The Morgan fingerprint density at radius 1 is 1.11 bits per heavy atom. The highest BCUT2D eigenvalue weighted by atomic mass is 16.7. The molecule has 0 amide bonds. The predicted molar refractivity (Wildman–Crippen MR) is 72.1 cm³/mol. The lowest BCUT2D eigenvalue weighted by Crippen LogP contribution is -2.35. The maximum atomic E-state index is 6.19. The molecule has 1 heterocycles. The third-order valence-electron chi connectivity index (χ3n) is 4.11. The van der Waals surface area contributed by atoms with Crippen molar-refractivity contribution in [3.05, 3.63) is 42.0 Å². The van der Waals surface area contributed by atoms with Crippen molar-refractivity contribution in [1.29, 1.82) is 0 Å². The number of benzene rings is 1. The van der Waals surface area contributed by atoms with Gasteiger partial charge < -0.3 is 9.47 Å². The Morgan fingerprint density at radius 2 is 1.83 bits per heavy atom. The molecule has 3 rings (SSSR count). The standard InChI is InChI=1S/C16H20O2/c1-17-15-12-14(13-8-4-2-5-9-13)16(18-15)10-6-3-7-11-16/h2,4-5,8-9,12,15H,3,6-7,10-11H2,1H3. The second kappa shape index (κ2) is 4.87. The highest BCUT2D eigenvalue weighted by molar-refractivity contribution is 5.74. The van der Waals surface area contributed by atoms with Crippen molar-refractivity contribution >= 4 is 5.57 Å². The molecule has 2 nitrogen and oxygen atoms in total. The zero-order valence-corrected chi connectivity index (χ0v) is 10.9. The molecule has 1 saturated carbocycles. The molecule has 1 spiro atoms. The molecule has 96 valence electrons. The molecule has 0 saturated heterocycles. The Morgan fingerprint density at radius 3 is 2.50 bits per heavy atom. The molecule has 2 heteroatoms. The first-order valence-electron chi connectivity index (χ1n) is 6.82. The van der Waals surface area contributed by atoms with Crippen LogP contribution in [0.4, 0.5) is 0 Å². The van der Waals surface area contributed by atoms with Crippen molar-refractivity contribution in [3.63, 3.8) is 0 Å². The van der Waals surface area contributed by atoms with Gasteiger partial charge in [0.05, 0.1) is 5.60 Å². The van der Waals surface area contributed by atoms with Gasteiger partial charge in [-0.2, -0.15) is 0 Å². The lowest BCUT2D eigenvalue weighted by Gasteiger charge is -2.36. The van der Waals surface area contributed by atoms with Crippen LogP contribution in [0.2, 0.25) is 0 Å². The first-order valence-corrected chi connectivity index (χ1v) is 6.82. The zero-order valence-electron chi connectivity index (χ0n) is 10.9. The zero-order chi connectivity index (χ0) is 12.4. The Balaban J connectivity index is 1.97. The second-order valence-electron chi connectivity index (χ2n) is 5.22. The fourth-order valence-electron chi connectivity index (χ4n) is 3.21. The fraction of sp³-hybridized carbons (Fsp3) is 0.500. The monoisotopic (exact) mass is 244 g/mol. The van der Waals surface area contributed by atoms with Crippen LogP contribution < -0.4 is 0 Å². The van der Waals surface area contributed by atoms with Crippen LogP contribution in [0.15, 0.2) is 36.4 Å². The van der Waals surface area contributed by atoms with Crippen LogP contribution in [0.3, 0.4) is 0 Å². The first kappa shape index (κ1) is 11.9. The Hall–Kier alpha value is -1.12. The Labute approximate surface area is 109 Å². The van der Waals surface area contributed by atoms with Gasteiger partial charge >= 0.3 is 0 Å². The molecule has 0 bridgehead atoms. The molecular weight excluding hydrogens is 224 g/mol. The van der Waals surface area contributed by atoms with Crippen molar-refractivity contribution in [2.75, 3.05) is 7.11 Å². The molecule has 0 radical (unpaired) electrons. The Bertz CT molecular complexity index is 430. The summed E-state index contributed by atoms with van der Waals surface area (Å²) in [7, 11) is 1.71. The summed E-state index contributed by atoms with van der Waals surface area (Å²) in [6, 6.07) is 10.6. The third-order valence-corrected chi connectivity index (χ3v) is 4.11. The summed E-state index contributed by atoms with van der Waals surface area (Å²) in [6.07, 6.45) is 8.03. The largest absolute Gasteiger partial charge is 0.352 e. The van der Waals surface area contributed by atoms with Gasteiger partial charge in [0.15, 0.2) is 6.29 Å². The number of rotatable bonds is 2. The fourth-order valence-corrected chi connectivity index (χ4v) is 3.21. The van der Waals surface area contributed by atoms with Gasteiger partial charge in [0, 0.05) is 7.11 Å². The summed E-state index contributed by atoms with van der Waals surface area (Å²) in [5, 5.41) is 0. The van der Waals surface area contributed by atoms with Crippen molar-refractivity contribution in [2.45, 2.75) is 44.0 Å². The molecule has 1 aliphatic carbocycles. The van der Waals surface area contributed by atoms with Crippen LogP contribution in [-0.4, -0.2) is 19.0 Å². The van der Waals surface area contributed by atoms with Gasteiger partial charge in [0.2, 0.25) is 0 Å². The molecule has 1 aromatic carbocycles. The van der Waals surface area contributed by atoms with Gasteiger partial charge in [-0.3, -0.25) is 0 Å². The van der Waals surface area contributed by atoms with Gasteiger partial charge in [-0.1, -0.05) is 49.6 Å². The second-order valence-corrected chi connectivity index (χ2v) is 5.22. The summed E-state index contributed by atoms with van der Waals surface area (Å²) in [5.74, 6) is 0. The van der Waals surface area contributed by atoms with E-state index >= 15 is 0 Å². The van der Waals surface area contributed by atoms with E-state index in [0.29, 0.717) is 0 Å². The molecule has 1 atom stereocenters. The van der Waals surface area contributed by atoms with Crippen LogP contribution in [0.25, 0.3) is 5.57 Å². The normalized spacial score (nSPS) is 26.3. The molecule has 1 fully saturated rings. The SMILES string of the molecule is COC1C=C(c2ccccc2)C2(CCCCC2)O1. The van der Waals surface area contributed by atoms with E-state index in [9.17, 15) is 0 Å². The van der Waals surface area contributed by atoms with E-state index in [4.69, 9.17) is 9.47 Å². The van der Waals surface area contributed by atoms with Gasteiger partial charge in [0.25, 0.3) is 0 Å². The van der Waals surface area contributed by atoms with Crippen LogP contribution in [0.1, 0.15) is 37.7 Å². The summed E-state index contributed by atoms with van der Waals surface area (Å²) in [6.45, 7) is 0. The summed E-state index contributed by atoms with van der Waals surface area (Å²) < 4.78 is 11.6. The molecule has 1 aromatic rings. The van der Waals surface area contributed by atoms with Crippen LogP contribution in [0, 0.1) is 0 Å². The minimum absolute atomic E-state index is 0.0969. The number of hydrogen-bond acceptors (Lipinski definition) is 2. The van der Waals surface area contributed by atoms with Gasteiger partial charge in [-0.15, -0.1) is 0 Å². The quantitative estimate of drug-likeness (QED) is 0.788. The highest BCUT2D eigenvalue weighted by Crippen LogP contribution is 2.47. The molecule has 0 aromatic heterocycles. The lowest BCUT2D eigenvalue weighted by atomic mass is 9.77. The summed E-state index contributed by atoms with van der Waals surface area (Å²) in [5.41, 5.74) is 2.51. The van der Waals surface area contributed by atoms with Crippen molar-refractivity contribution in [2.24, 2.45) is 0 Å². The topological polar surface area (TPSA) is 18.5 Å². The van der Waals surface area contributed by atoms with E-state index in [1.54, 1.807) is 7.11 Å². The summed E-state index contributed by atoms with van der Waals surface area (Å²) in [4.78, 5) is 0. The van der Waals surface area contributed by atoms with E-state index < -0.39 is 0 Å². The highest BCUT2D eigenvalue weighted by Gasteiger charge is 2.43. The minimum Gasteiger partial charge on any atom is -0.352 e. The maximum absolute atomic E-state index is 6.19. The summed E-state index contributed by atoms with van der Waals surface area (Å²) >= 11 is 0. The molecule has 18 heavy (non-hydrogen) atoms. The van der Waals surface area contributed by atoms with E-state index in [-0.39, 0.29) is 11.9 Å². The van der Waals surface area contributed by atoms with Gasteiger partial charge in [-0.25, -0.2) is 0 Å². The van der Waals surface area contributed by atoms with Crippen LogP contribution in [0.5, 0.6) is 0 Å². The first-order chi connectivity index (χ1) is 8.84. The third kappa shape index (κ3) is 2.00. The smallest absolute Gasteiger partial charge is 0.178 e. The van der Waals surface area contributed by atoms with E-state index in [0.717, 1.165) is 12.8 Å². The average molecular weight is 244 g/mol. The van der Waals surface area contributed by atoms with E-state index in [1.807, 2.05) is 0 Å². The average Bonchev–Trinajstić information content (AvgIpc) is 2.79.